The molecule has 180 valence electrons. The summed E-state index contributed by atoms with van der Waals surface area (Å²) in [5.74, 6) is -0.614. The van der Waals surface area contributed by atoms with Crippen LogP contribution in [0.25, 0.3) is 11.0 Å². The molecular weight excluding hydrogens is 487 g/mol. The summed E-state index contributed by atoms with van der Waals surface area (Å²) in [6.07, 6.45) is -3.38. The molecule has 0 atom stereocenters. The summed E-state index contributed by atoms with van der Waals surface area (Å²) in [5.41, 5.74) is 6.82. The molecule has 2 aromatic heterocycles. The molecule has 1 amide bonds. The summed E-state index contributed by atoms with van der Waals surface area (Å²) in [4.78, 5) is 29.0. The Kier molecular flexibility index (Phi) is 6.31. The van der Waals surface area contributed by atoms with Crippen molar-refractivity contribution in [3.63, 3.8) is 0 Å². The number of ether oxygens (including phenoxy) is 1. The van der Waals surface area contributed by atoms with Crippen LogP contribution in [0.2, 0.25) is 5.28 Å². The molecule has 4 rings (SSSR count). The third-order valence-electron chi connectivity index (χ3n) is 5.00. The van der Waals surface area contributed by atoms with Crippen LogP contribution in [-0.2, 0) is 6.18 Å². The van der Waals surface area contributed by atoms with Crippen molar-refractivity contribution in [2.45, 2.75) is 13.1 Å². The number of fused-ring (bicyclic) bond motifs is 1. The van der Waals surface area contributed by atoms with Crippen LogP contribution in [0.5, 0.6) is 5.75 Å². The van der Waals surface area contributed by atoms with Gasteiger partial charge >= 0.3 is 6.18 Å². The van der Waals surface area contributed by atoms with Gasteiger partial charge in [0.25, 0.3) is 5.91 Å². The minimum atomic E-state index is -4.65. The Morgan fingerprint density at radius 3 is 2.57 bits per heavy atom. The second kappa shape index (κ2) is 9.22. The number of halogens is 4. The van der Waals surface area contributed by atoms with Crippen molar-refractivity contribution in [2.24, 2.45) is 0 Å². The van der Waals surface area contributed by atoms with E-state index < -0.39 is 17.6 Å². The van der Waals surface area contributed by atoms with Gasteiger partial charge in [0.05, 0.1) is 12.7 Å². The Morgan fingerprint density at radius 2 is 1.86 bits per heavy atom. The molecule has 0 fully saturated rings. The van der Waals surface area contributed by atoms with Crippen LogP contribution in [0.15, 0.2) is 42.7 Å². The van der Waals surface area contributed by atoms with Crippen LogP contribution in [0.1, 0.15) is 21.5 Å². The highest BCUT2D eigenvalue weighted by Gasteiger charge is 2.34. The van der Waals surface area contributed by atoms with Gasteiger partial charge in [-0.3, -0.25) is 4.79 Å². The van der Waals surface area contributed by atoms with Gasteiger partial charge in [0, 0.05) is 16.9 Å². The quantitative estimate of drug-likeness (QED) is 0.325. The van der Waals surface area contributed by atoms with Gasteiger partial charge in [0.15, 0.2) is 11.6 Å². The van der Waals surface area contributed by atoms with Gasteiger partial charge < -0.3 is 21.1 Å². The minimum Gasteiger partial charge on any atom is -0.496 e. The number of aryl methyl sites for hydroxylation is 1. The molecule has 35 heavy (non-hydrogen) atoms. The van der Waals surface area contributed by atoms with E-state index in [-0.39, 0.29) is 39.4 Å². The number of nitrogens with two attached hydrogens (primary N) is 1. The number of aromatic nitrogens is 4. The lowest BCUT2D eigenvalue weighted by Gasteiger charge is -2.15. The number of nitrogens with zero attached hydrogens (tertiary/aromatic N) is 4. The third-order valence-corrected chi connectivity index (χ3v) is 5.17. The van der Waals surface area contributed by atoms with E-state index in [1.807, 2.05) is 0 Å². The normalized spacial score (nSPS) is 11.4. The number of alkyl halides is 3. The summed E-state index contributed by atoms with van der Waals surface area (Å²) in [5, 5.41) is 5.46. The van der Waals surface area contributed by atoms with Gasteiger partial charge in [0.2, 0.25) is 5.28 Å². The first-order chi connectivity index (χ1) is 16.6. The number of benzene rings is 2. The number of hydrogen-bond acceptors (Lipinski definition) is 8. The highest BCUT2D eigenvalue weighted by molar-refractivity contribution is 6.28. The zero-order valence-electron chi connectivity index (χ0n) is 18.2. The summed E-state index contributed by atoms with van der Waals surface area (Å²) in [6.45, 7) is 1.79. The summed E-state index contributed by atoms with van der Waals surface area (Å²) >= 11 is 5.92. The molecule has 13 heteroatoms. The van der Waals surface area contributed by atoms with Crippen LogP contribution in [0.4, 0.5) is 36.2 Å². The smallest absolute Gasteiger partial charge is 0.420 e. The lowest BCUT2D eigenvalue weighted by Crippen LogP contribution is -2.14. The lowest BCUT2D eigenvalue weighted by atomic mass is 10.1. The van der Waals surface area contributed by atoms with E-state index in [0.717, 1.165) is 24.8 Å². The fourth-order valence-electron chi connectivity index (χ4n) is 3.27. The van der Waals surface area contributed by atoms with Gasteiger partial charge in [-0.05, 0) is 54.4 Å². The SMILES string of the molecule is COc1ccc(NC(=O)c2ccc(C)c(Nc3ncnc4c(N)nc(Cl)nc34)c2)cc1C(F)(F)F. The van der Waals surface area contributed by atoms with E-state index in [0.29, 0.717) is 11.2 Å². The molecule has 0 saturated heterocycles. The highest BCUT2D eigenvalue weighted by atomic mass is 35.5. The summed E-state index contributed by atoms with van der Waals surface area (Å²) in [6, 6.07) is 8.01. The molecule has 0 saturated carbocycles. The van der Waals surface area contributed by atoms with E-state index in [1.54, 1.807) is 19.1 Å². The molecular formula is C22H17ClF3N7O2. The van der Waals surface area contributed by atoms with Crippen molar-refractivity contribution in [1.82, 2.24) is 19.9 Å². The number of nitrogen functional groups attached to an aromatic ring is 1. The first-order valence-corrected chi connectivity index (χ1v) is 10.3. The molecule has 4 aromatic rings. The number of hydrogen-bond donors (Lipinski definition) is 3. The largest absolute Gasteiger partial charge is 0.496 e. The molecule has 2 heterocycles. The molecule has 4 N–H and O–H groups in total. The molecule has 0 spiro atoms. The van der Waals surface area contributed by atoms with Crippen molar-refractivity contribution in [2.75, 3.05) is 23.5 Å². The van der Waals surface area contributed by atoms with E-state index >= 15 is 0 Å². The molecule has 9 nitrogen and oxygen atoms in total. The number of carbonyl (C=O) groups excluding carboxylic acids is 1. The predicted molar refractivity (Wildman–Crippen MR) is 125 cm³/mol. The number of anilines is 4. The van der Waals surface area contributed by atoms with E-state index in [9.17, 15) is 18.0 Å². The number of methoxy groups -OCH3 is 1. The van der Waals surface area contributed by atoms with Crippen LogP contribution in [0, 0.1) is 6.92 Å². The fraction of sp³-hybridized carbons (Fsp3) is 0.136. The fourth-order valence-corrected chi connectivity index (χ4v) is 3.44. The molecule has 0 radical (unpaired) electrons. The van der Waals surface area contributed by atoms with Crippen LogP contribution < -0.4 is 21.1 Å². The lowest BCUT2D eigenvalue weighted by molar-refractivity contribution is -0.138. The molecule has 0 aliphatic heterocycles. The predicted octanol–water partition coefficient (Wildman–Crippen LogP) is 4.99. The van der Waals surface area contributed by atoms with Gasteiger partial charge in [0.1, 0.15) is 23.1 Å². The monoisotopic (exact) mass is 503 g/mol. The Hall–Kier alpha value is -4.19. The van der Waals surface area contributed by atoms with Crippen molar-refractivity contribution in [3.05, 3.63) is 64.7 Å². The summed E-state index contributed by atoms with van der Waals surface area (Å²) < 4.78 is 44.7. The Balaban J connectivity index is 1.63. The minimum absolute atomic E-state index is 0.0400. The first-order valence-electron chi connectivity index (χ1n) is 9.95. The average Bonchev–Trinajstić information content (AvgIpc) is 2.80. The zero-order chi connectivity index (χ0) is 25.3. The third kappa shape index (κ3) is 5.01. The van der Waals surface area contributed by atoms with Gasteiger partial charge in [-0.2, -0.15) is 18.2 Å². The summed E-state index contributed by atoms with van der Waals surface area (Å²) in [7, 11) is 1.14. The maximum absolute atomic E-state index is 13.3. The Labute approximate surface area is 201 Å². The maximum Gasteiger partial charge on any atom is 0.420 e. The average molecular weight is 504 g/mol. The Morgan fingerprint density at radius 1 is 1.09 bits per heavy atom. The molecule has 0 bridgehead atoms. The van der Waals surface area contributed by atoms with E-state index in [2.05, 4.69) is 30.6 Å². The van der Waals surface area contributed by atoms with E-state index in [4.69, 9.17) is 22.1 Å². The Bertz CT molecular complexity index is 1450. The topological polar surface area (TPSA) is 128 Å². The zero-order valence-corrected chi connectivity index (χ0v) is 19.0. The van der Waals surface area contributed by atoms with Crippen LogP contribution in [0.3, 0.4) is 0 Å². The first kappa shape index (κ1) is 24.0. The number of carbonyl (C=O) groups is 1. The molecule has 0 unspecified atom stereocenters. The maximum atomic E-state index is 13.3. The van der Waals surface area contributed by atoms with Crippen molar-refractivity contribution in [3.8, 4) is 5.75 Å². The second-order valence-corrected chi connectivity index (χ2v) is 7.66. The molecule has 0 aliphatic carbocycles. The van der Waals surface area contributed by atoms with Crippen LogP contribution >= 0.6 is 11.6 Å². The van der Waals surface area contributed by atoms with Gasteiger partial charge in [-0.1, -0.05) is 6.07 Å². The van der Waals surface area contributed by atoms with Gasteiger partial charge in [-0.15, -0.1) is 0 Å². The van der Waals surface area contributed by atoms with Crippen LogP contribution in [-0.4, -0.2) is 33.0 Å². The molecule has 0 aliphatic rings. The standard InChI is InChI=1S/C22H17ClF3N7O2/c1-10-3-4-11(20(34)30-12-5-6-15(35-2)13(8-12)22(24,25)26)7-14(10)31-19-17-16(28-9-29-19)18(27)33-21(23)32-17/h3-9H,1-2H3,(H,30,34)(H2,27,32,33)(H,28,29,31). The highest BCUT2D eigenvalue weighted by Crippen LogP contribution is 2.38. The van der Waals surface area contributed by atoms with Gasteiger partial charge in [-0.25, -0.2) is 15.0 Å². The molecule has 2 aromatic carbocycles. The number of nitrogens with one attached hydrogen (secondary N) is 2. The second-order valence-electron chi connectivity index (χ2n) is 7.32. The van der Waals surface area contributed by atoms with Crippen molar-refractivity contribution < 1.29 is 22.7 Å². The van der Waals surface area contributed by atoms with E-state index in [1.165, 1.54) is 18.5 Å². The van der Waals surface area contributed by atoms with Crippen molar-refractivity contribution >= 4 is 51.6 Å². The number of amides is 1. The number of rotatable bonds is 5. The van der Waals surface area contributed by atoms with Crippen molar-refractivity contribution in [1.29, 1.82) is 0 Å².